The van der Waals surface area contributed by atoms with Crippen LogP contribution in [0.1, 0.15) is 16.1 Å². The molecule has 0 aliphatic carbocycles. The second-order valence-electron chi connectivity index (χ2n) is 5.09. The van der Waals surface area contributed by atoms with Crippen molar-refractivity contribution in [1.82, 2.24) is 9.78 Å². The minimum absolute atomic E-state index is 0.285. The fourth-order valence-electron chi connectivity index (χ4n) is 2.27. The van der Waals surface area contributed by atoms with Crippen LogP contribution in [0.25, 0.3) is 11.3 Å². The molecule has 0 N–H and O–H groups in total. The van der Waals surface area contributed by atoms with E-state index in [1.807, 2.05) is 12.1 Å². The second kappa shape index (κ2) is 7.16. The molecule has 3 aromatic rings. The molecule has 0 atom stereocenters. The summed E-state index contributed by atoms with van der Waals surface area (Å²) in [7, 11) is 0. The molecule has 0 radical (unpaired) electrons. The summed E-state index contributed by atoms with van der Waals surface area (Å²) in [5, 5.41) is 5.54. The van der Waals surface area contributed by atoms with Crippen molar-refractivity contribution < 1.29 is 4.79 Å². The topological polar surface area (TPSA) is 34.9 Å². The first-order valence-corrected chi connectivity index (χ1v) is 8.43. The summed E-state index contributed by atoms with van der Waals surface area (Å²) in [5.41, 5.74) is 2.53. The molecule has 0 aliphatic rings. The highest BCUT2D eigenvalue weighted by Crippen LogP contribution is 2.25. The normalized spacial score (nSPS) is 10.8. The summed E-state index contributed by atoms with van der Waals surface area (Å²) in [6.07, 6.45) is 0. The van der Waals surface area contributed by atoms with Crippen molar-refractivity contribution in [3.63, 3.8) is 0 Å². The fourth-order valence-corrected chi connectivity index (χ4v) is 3.01. The molecule has 0 spiro atoms. The van der Waals surface area contributed by atoms with Crippen LogP contribution in [0.2, 0.25) is 15.1 Å². The number of hydrogen-bond donors (Lipinski definition) is 0. The van der Waals surface area contributed by atoms with Gasteiger partial charge in [0, 0.05) is 20.6 Å². The Balaban J connectivity index is 2.00. The van der Waals surface area contributed by atoms with Crippen molar-refractivity contribution in [2.75, 3.05) is 0 Å². The van der Waals surface area contributed by atoms with Gasteiger partial charge in [0.1, 0.15) is 5.69 Å². The number of benzene rings is 2. The standard InChI is InChI=1S/C17H10Cl4N2O/c18-12-4-1-10(2-5-12)15-8-16(17(21)24)23(22-15)9-11-3-6-13(19)7-14(11)20/h1-8H,9H2. The molecular weight excluding hydrogens is 390 g/mol. The summed E-state index contributed by atoms with van der Waals surface area (Å²) < 4.78 is 1.52. The molecule has 2 aromatic carbocycles. The molecule has 0 aliphatic heterocycles. The third-order valence-corrected chi connectivity index (χ3v) is 4.49. The van der Waals surface area contributed by atoms with Crippen LogP contribution >= 0.6 is 46.4 Å². The summed E-state index contributed by atoms with van der Waals surface area (Å²) >= 11 is 23.7. The minimum Gasteiger partial charge on any atom is -0.274 e. The van der Waals surface area contributed by atoms with Gasteiger partial charge in [0.05, 0.1) is 12.2 Å². The van der Waals surface area contributed by atoms with Gasteiger partial charge in [0.2, 0.25) is 0 Å². The van der Waals surface area contributed by atoms with Crippen molar-refractivity contribution in [2.24, 2.45) is 0 Å². The molecule has 0 fully saturated rings. The molecule has 24 heavy (non-hydrogen) atoms. The molecule has 0 saturated carbocycles. The minimum atomic E-state index is -0.590. The Labute approximate surface area is 158 Å². The predicted octanol–water partition coefficient (Wildman–Crippen LogP) is 5.94. The number of hydrogen-bond acceptors (Lipinski definition) is 2. The fraction of sp³-hybridized carbons (Fsp3) is 0.0588. The first kappa shape index (κ1) is 17.3. The van der Waals surface area contributed by atoms with Crippen LogP contribution in [0.5, 0.6) is 0 Å². The molecule has 122 valence electrons. The Kier molecular flexibility index (Phi) is 5.16. The highest BCUT2D eigenvalue weighted by Gasteiger charge is 2.16. The van der Waals surface area contributed by atoms with E-state index in [1.54, 1.807) is 36.4 Å². The van der Waals surface area contributed by atoms with Gasteiger partial charge in [0.25, 0.3) is 5.24 Å². The van der Waals surface area contributed by atoms with E-state index in [4.69, 9.17) is 46.4 Å². The van der Waals surface area contributed by atoms with Crippen molar-refractivity contribution in [1.29, 1.82) is 0 Å². The quantitative estimate of drug-likeness (QED) is 0.509. The van der Waals surface area contributed by atoms with Crippen molar-refractivity contribution in [2.45, 2.75) is 6.54 Å². The summed E-state index contributed by atoms with van der Waals surface area (Å²) in [5.74, 6) is 0. The number of carbonyl (C=O) groups excluding carboxylic acids is 1. The lowest BCUT2D eigenvalue weighted by atomic mass is 10.1. The Bertz CT molecular complexity index is 903. The van der Waals surface area contributed by atoms with E-state index in [0.717, 1.165) is 11.1 Å². The van der Waals surface area contributed by atoms with Gasteiger partial charge in [-0.05, 0) is 47.5 Å². The lowest BCUT2D eigenvalue weighted by Gasteiger charge is -2.07. The van der Waals surface area contributed by atoms with Crippen LogP contribution in [0.3, 0.4) is 0 Å². The third kappa shape index (κ3) is 3.76. The second-order valence-corrected chi connectivity index (χ2v) is 6.71. The highest BCUT2D eigenvalue weighted by atomic mass is 35.5. The van der Waals surface area contributed by atoms with Crippen molar-refractivity contribution in [3.8, 4) is 11.3 Å². The molecule has 1 heterocycles. The van der Waals surface area contributed by atoms with Gasteiger partial charge in [-0.1, -0.05) is 53.0 Å². The molecular formula is C17H10Cl4N2O. The molecule has 0 amide bonds. The maximum atomic E-state index is 11.7. The largest absolute Gasteiger partial charge is 0.274 e. The van der Waals surface area contributed by atoms with Crippen LogP contribution in [-0.4, -0.2) is 15.0 Å². The highest BCUT2D eigenvalue weighted by molar-refractivity contribution is 6.67. The van der Waals surface area contributed by atoms with E-state index < -0.39 is 5.24 Å². The van der Waals surface area contributed by atoms with Gasteiger partial charge in [-0.15, -0.1) is 0 Å². The van der Waals surface area contributed by atoms with Crippen LogP contribution in [0.4, 0.5) is 0 Å². The van der Waals surface area contributed by atoms with Crippen LogP contribution in [0, 0.1) is 0 Å². The first-order valence-electron chi connectivity index (χ1n) is 6.91. The van der Waals surface area contributed by atoms with Crippen LogP contribution < -0.4 is 0 Å². The number of aromatic nitrogens is 2. The zero-order chi connectivity index (χ0) is 17.3. The maximum absolute atomic E-state index is 11.7. The first-order chi connectivity index (χ1) is 11.4. The lowest BCUT2D eigenvalue weighted by molar-refractivity contribution is 0.107. The average molecular weight is 400 g/mol. The van der Waals surface area contributed by atoms with Gasteiger partial charge in [-0.3, -0.25) is 9.48 Å². The molecule has 3 nitrogen and oxygen atoms in total. The Morgan fingerprint density at radius 3 is 2.25 bits per heavy atom. The molecule has 0 unspecified atom stereocenters. The molecule has 0 saturated heterocycles. The Morgan fingerprint density at radius 2 is 1.62 bits per heavy atom. The number of nitrogens with zero attached hydrogens (tertiary/aromatic N) is 2. The van der Waals surface area contributed by atoms with Crippen LogP contribution in [0.15, 0.2) is 48.5 Å². The smallest absolute Gasteiger partial charge is 0.270 e. The molecule has 7 heteroatoms. The van der Waals surface area contributed by atoms with E-state index in [-0.39, 0.29) is 5.69 Å². The molecule has 3 rings (SSSR count). The van der Waals surface area contributed by atoms with Gasteiger partial charge in [-0.2, -0.15) is 5.10 Å². The van der Waals surface area contributed by atoms with E-state index in [1.165, 1.54) is 4.68 Å². The summed E-state index contributed by atoms with van der Waals surface area (Å²) in [4.78, 5) is 11.7. The SMILES string of the molecule is O=C(Cl)c1cc(-c2ccc(Cl)cc2)nn1Cc1ccc(Cl)cc1Cl. The van der Waals surface area contributed by atoms with E-state index >= 15 is 0 Å². The summed E-state index contributed by atoms with van der Waals surface area (Å²) in [6, 6.07) is 14.0. The molecule has 0 bridgehead atoms. The van der Waals surface area contributed by atoms with Crippen molar-refractivity contribution in [3.05, 3.63) is 74.9 Å². The predicted molar refractivity (Wildman–Crippen MR) is 98.4 cm³/mol. The van der Waals surface area contributed by atoms with Gasteiger partial charge < -0.3 is 0 Å². The summed E-state index contributed by atoms with van der Waals surface area (Å²) in [6.45, 7) is 0.303. The number of rotatable bonds is 4. The zero-order valence-corrected chi connectivity index (χ0v) is 15.2. The zero-order valence-electron chi connectivity index (χ0n) is 12.1. The molecule has 1 aromatic heterocycles. The average Bonchev–Trinajstić information content (AvgIpc) is 2.95. The maximum Gasteiger partial charge on any atom is 0.270 e. The van der Waals surface area contributed by atoms with Crippen molar-refractivity contribution >= 4 is 51.6 Å². The van der Waals surface area contributed by atoms with Gasteiger partial charge in [0.15, 0.2) is 0 Å². The monoisotopic (exact) mass is 398 g/mol. The third-order valence-electron chi connectivity index (χ3n) is 3.46. The number of halogens is 4. The lowest BCUT2D eigenvalue weighted by Crippen LogP contribution is -2.08. The Hall–Kier alpha value is -1.52. The number of carbonyl (C=O) groups is 1. The van der Waals surface area contributed by atoms with Gasteiger partial charge >= 0.3 is 0 Å². The van der Waals surface area contributed by atoms with E-state index in [9.17, 15) is 4.79 Å². The van der Waals surface area contributed by atoms with Gasteiger partial charge in [-0.25, -0.2) is 0 Å². The van der Waals surface area contributed by atoms with E-state index in [2.05, 4.69) is 5.10 Å². The van der Waals surface area contributed by atoms with E-state index in [0.29, 0.717) is 27.3 Å². The Morgan fingerprint density at radius 1 is 0.958 bits per heavy atom. The van der Waals surface area contributed by atoms with Crippen LogP contribution in [-0.2, 0) is 6.54 Å².